The Bertz CT molecular complexity index is 421. The van der Waals surface area contributed by atoms with E-state index in [-0.39, 0.29) is 18.0 Å². The molecule has 0 radical (unpaired) electrons. The molecule has 2 heteroatoms. The quantitative estimate of drug-likeness (QED) is 0.716. The van der Waals surface area contributed by atoms with Gasteiger partial charge in [-0.15, -0.1) is 0 Å². The van der Waals surface area contributed by atoms with Crippen LogP contribution in [0.4, 0.5) is 0 Å². The van der Waals surface area contributed by atoms with Crippen molar-refractivity contribution in [3.05, 3.63) is 23.8 Å². The summed E-state index contributed by atoms with van der Waals surface area (Å²) in [6.07, 6.45) is 13.7. The van der Waals surface area contributed by atoms with Crippen LogP contribution in [0, 0.1) is 17.3 Å². The highest BCUT2D eigenvalue weighted by Gasteiger charge is 2.51. The van der Waals surface area contributed by atoms with Crippen LogP contribution >= 0.6 is 0 Å². The number of esters is 1. The van der Waals surface area contributed by atoms with E-state index in [1.54, 1.807) is 0 Å². The second kappa shape index (κ2) is 4.81. The van der Waals surface area contributed by atoms with Gasteiger partial charge in [-0.3, -0.25) is 4.79 Å². The van der Waals surface area contributed by atoms with E-state index in [0.29, 0.717) is 11.3 Å². The minimum absolute atomic E-state index is 0.0259. The van der Waals surface area contributed by atoms with E-state index in [1.807, 2.05) is 6.92 Å². The van der Waals surface area contributed by atoms with Gasteiger partial charge in [-0.25, -0.2) is 0 Å². The van der Waals surface area contributed by atoms with Crippen LogP contribution in [-0.2, 0) is 9.53 Å². The summed E-state index contributed by atoms with van der Waals surface area (Å²) in [5, 5.41) is 0. The molecule has 0 amide bonds. The second-order valence-corrected chi connectivity index (χ2v) is 6.81. The average molecular weight is 260 g/mol. The predicted molar refractivity (Wildman–Crippen MR) is 75.6 cm³/mol. The number of ether oxygens (including phenoxy) is 1. The van der Waals surface area contributed by atoms with E-state index >= 15 is 0 Å². The molecule has 0 aromatic carbocycles. The molecule has 104 valence electrons. The zero-order valence-electron chi connectivity index (χ0n) is 12.0. The Labute approximate surface area is 115 Å². The molecule has 3 rings (SSSR count). The smallest absolute Gasteiger partial charge is 0.309 e. The van der Waals surface area contributed by atoms with Gasteiger partial charge in [0.2, 0.25) is 0 Å². The molecule has 2 atom stereocenters. The largest absolute Gasteiger partial charge is 0.458 e. The van der Waals surface area contributed by atoms with Crippen molar-refractivity contribution in [2.75, 3.05) is 0 Å². The van der Waals surface area contributed by atoms with Gasteiger partial charge in [-0.2, -0.15) is 0 Å². The minimum atomic E-state index is -0.0887. The fourth-order valence-electron chi connectivity index (χ4n) is 3.62. The van der Waals surface area contributed by atoms with Crippen LogP contribution in [0.3, 0.4) is 0 Å². The molecule has 3 aliphatic carbocycles. The van der Waals surface area contributed by atoms with Crippen molar-refractivity contribution < 1.29 is 9.53 Å². The molecule has 0 aromatic rings. The lowest BCUT2D eigenvalue weighted by Gasteiger charge is -2.53. The number of carbonyl (C=O) groups is 1. The van der Waals surface area contributed by atoms with Crippen LogP contribution in [-0.4, -0.2) is 12.1 Å². The van der Waals surface area contributed by atoms with Crippen LogP contribution in [0.15, 0.2) is 23.8 Å². The first-order chi connectivity index (χ1) is 9.08. The van der Waals surface area contributed by atoms with Gasteiger partial charge in [-0.05, 0) is 55.9 Å². The van der Waals surface area contributed by atoms with Gasteiger partial charge < -0.3 is 4.74 Å². The van der Waals surface area contributed by atoms with Crippen molar-refractivity contribution in [2.24, 2.45) is 17.3 Å². The second-order valence-electron chi connectivity index (χ2n) is 6.81. The Balaban J connectivity index is 1.49. The van der Waals surface area contributed by atoms with E-state index < -0.39 is 0 Å². The standard InChI is InChI=1S/C17H24O2/c1-12-4-6-14(7-5-12)13(2)19-16(18)15-10-17(11-15)8-3-9-17/h4,6-7,12-13,15H,3,5,8-11H2,1-2H3. The molecule has 1 spiro atoms. The number of rotatable bonds is 3. The van der Waals surface area contributed by atoms with Crippen LogP contribution in [0.2, 0.25) is 0 Å². The lowest BCUT2D eigenvalue weighted by Crippen LogP contribution is -2.46. The lowest BCUT2D eigenvalue weighted by atomic mass is 9.52. The molecule has 3 aliphatic rings. The highest BCUT2D eigenvalue weighted by atomic mass is 16.5. The van der Waals surface area contributed by atoms with E-state index in [0.717, 1.165) is 24.8 Å². The third kappa shape index (κ3) is 2.50. The third-order valence-corrected chi connectivity index (χ3v) is 5.21. The van der Waals surface area contributed by atoms with Crippen molar-refractivity contribution in [1.29, 1.82) is 0 Å². The fourth-order valence-corrected chi connectivity index (χ4v) is 3.62. The molecule has 0 saturated heterocycles. The Morgan fingerprint density at radius 2 is 2.16 bits per heavy atom. The Hall–Kier alpha value is -1.05. The molecule has 0 bridgehead atoms. The van der Waals surface area contributed by atoms with E-state index in [1.165, 1.54) is 19.3 Å². The van der Waals surface area contributed by atoms with Gasteiger partial charge in [0.25, 0.3) is 0 Å². The number of hydrogen-bond donors (Lipinski definition) is 0. The van der Waals surface area contributed by atoms with Crippen molar-refractivity contribution >= 4 is 5.97 Å². The minimum Gasteiger partial charge on any atom is -0.458 e. The first-order valence-electron chi connectivity index (χ1n) is 7.67. The molecule has 0 aromatic heterocycles. The van der Waals surface area contributed by atoms with Gasteiger partial charge >= 0.3 is 5.97 Å². The fraction of sp³-hybridized carbons (Fsp3) is 0.706. The van der Waals surface area contributed by atoms with Gasteiger partial charge in [-0.1, -0.05) is 31.6 Å². The van der Waals surface area contributed by atoms with Gasteiger partial charge in [0.1, 0.15) is 6.10 Å². The van der Waals surface area contributed by atoms with Crippen molar-refractivity contribution in [3.8, 4) is 0 Å². The van der Waals surface area contributed by atoms with Crippen LogP contribution < -0.4 is 0 Å². The van der Waals surface area contributed by atoms with E-state index in [9.17, 15) is 4.79 Å². The first kappa shape index (κ1) is 13.0. The molecule has 0 N–H and O–H groups in total. The third-order valence-electron chi connectivity index (χ3n) is 5.21. The highest BCUT2D eigenvalue weighted by Crippen LogP contribution is 2.58. The summed E-state index contributed by atoms with van der Waals surface area (Å²) in [5.41, 5.74) is 1.70. The lowest BCUT2D eigenvalue weighted by molar-refractivity contribution is -0.164. The molecule has 0 heterocycles. The van der Waals surface area contributed by atoms with E-state index in [2.05, 4.69) is 25.2 Å². The maximum absolute atomic E-state index is 12.1. The molecular formula is C17H24O2. The maximum atomic E-state index is 12.1. The Morgan fingerprint density at radius 3 is 2.68 bits per heavy atom. The Kier molecular flexibility index (Phi) is 3.28. The average Bonchev–Trinajstić information content (AvgIpc) is 2.25. The van der Waals surface area contributed by atoms with Crippen molar-refractivity contribution in [3.63, 3.8) is 0 Å². The molecule has 2 fully saturated rings. The number of hydrogen-bond acceptors (Lipinski definition) is 2. The van der Waals surface area contributed by atoms with Crippen molar-refractivity contribution in [2.45, 2.75) is 58.5 Å². The van der Waals surface area contributed by atoms with Gasteiger partial charge in [0, 0.05) is 0 Å². The summed E-state index contributed by atoms with van der Waals surface area (Å²) >= 11 is 0. The van der Waals surface area contributed by atoms with Crippen LogP contribution in [0.25, 0.3) is 0 Å². The monoisotopic (exact) mass is 260 g/mol. The summed E-state index contributed by atoms with van der Waals surface area (Å²) in [6.45, 7) is 4.19. The highest BCUT2D eigenvalue weighted by molar-refractivity contribution is 5.74. The summed E-state index contributed by atoms with van der Waals surface area (Å²) in [4.78, 5) is 12.1. The number of allylic oxidation sites excluding steroid dienone is 2. The van der Waals surface area contributed by atoms with Gasteiger partial charge in [0.05, 0.1) is 5.92 Å². The molecule has 2 nitrogen and oxygen atoms in total. The zero-order valence-corrected chi connectivity index (χ0v) is 12.0. The van der Waals surface area contributed by atoms with Gasteiger partial charge in [0.15, 0.2) is 0 Å². The topological polar surface area (TPSA) is 26.3 Å². The molecular weight excluding hydrogens is 236 g/mol. The maximum Gasteiger partial charge on any atom is 0.309 e. The molecule has 2 unspecified atom stereocenters. The van der Waals surface area contributed by atoms with Crippen molar-refractivity contribution in [1.82, 2.24) is 0 Å². The Morgan fingerprint density at radius 1 is 1.42 bits per heavy atom. The summed E-state index contributed by atoms with van der Waals surface area (Å²) in [6, 6.07) is 0. The summed E-state index contributed by atoms with van der Waals surface area (Å²) in [5.74, 6) is 0.810. The molecule has 0 aliphatic heterocycles. The number of carbonyl (C=O) groups excluding carboxylic acids is 1. The molecule has 19 heavy (non-hydrogen) atoms. The van der Waals surface area contributed by atoms with Crippen LogP contribution in [0.5, 0.6) is 0 Å². The predicted octanol–water partition coefficient (Wildman–Crippen LogP) is 4.02. The van der Waals surface area contributed by atoms with E-state index in [4.69, 9.17) is 4.74 Å². The molecule has 2 saturated carbocycles. The first-order valence-corrected chi connectivity index (χ1v) is 7.67. The SMILES string of the molecule is CC1C=CC(C(C)OC(=O)C2CC3(CCC3)C2)=CC1. The summed E-state index contributed by atoms with van der Waals surface area (Å²) < 4.78 is 5.63. The zero-order chi connectivity index (χ0) is 13.5. The summed E-state index contributed by atoms with van der Waals surface area (Å²) in [7, 11) is 0. The van der Waals surface area contributed by atoms with Crippen LogP contribution in [0.1, 0.15) is 52.4 Å². The normalized spacial score (nSPS) is 30.2.